The van der Waals surface area contributed by atoms with Gasteiger partial charge in [0.15, 0.2) is 0 Å². The first-order chi connectivity index (χ1) is 7.94. The van der Waals surface area contributed by atoms with Crippen LogP contribution in [0.15, 0.2) is 18.2 Å². The lowest BCUT2D eigenvalue weighted by Crippen LogP contribution is -2.21. The standard InChI is InChI=1S/C11H13ClF3NO/c1-17-10-4-2-3-9(12)8(10)7-16-6-5-11(13,14)15/h2-4,16H,5-7H2,1H3. The van der Waals surface area contributed by atoms with Crippen molar-refractivity contribution in [2.75, 3.05) is 13.7 Å². The van der Waals surface area contributed by atoms with Gasteiger partial charge in [-0.1, -0.05) is 17.7 Å². The van der Waals surface area contributed by atoms with Gasteiger partial charge in [0.1, 0.15) is 5.75 Å². The van der Waals surface area contributed by atoms with Crippen LogP contribution in [0.2, 0.25) is 5.02 Å². The number of ether oxygens (including phenoxy) is 1. The molecule has 6 heteroatoms. The van der Waals surface area contributed by atoms with Crippen molar-refractivity contribution in [1.29, 1.82) is 0 Å². The van der Waals surface area contributed by atoms with E-state index in [0.717, 1.165) is 0 Å². The zero-order valence-corrected chi connectivity index (χ0v) is 10.0. The number of hydrogen-bond donors (Lipinski definition) is 1. The first kappa shape index (κ1) is 14.1. The normalized spacial score (nSPS) is 11.6. The second kappa shape index (κ2) is 6.12. The summed E-state index contributed by atoms with van der Waals surface area (Å²) in [7, 11) is 1.49. The smallest absolute Gasteiger partial charge is 0.390 e. The molecule has 0 aliphatic rings. The molecule has 96 valence electrons. The predicted molar refractivity (Wildman–Crippen MR) is 60.4 cm³/mol. The SMILES string of the molecule is COc1cccc(Cl)c1CNCCC(F)(F)F. The first-order valence-corrected chi connectivity index (χ1v) is 5.40. The molecule has 0 heterocycles. The lowest BCUT2D eigenvalue weighted by molar-refractivity contribution is -0.133. The summed E-state index contributed by atoms with van der Waals surface area (Å²) in [6, 6.07) is 5.11. The van der Waals surface area contributed by atoms with Gasteiger partial charge in [0.05, 0.1) is 13.5 Å². The third-order valence-electron chi connectivity index (χ3n) is 2.18. The molecule has 17 heavy (non-hydrogen) atoms. The van der Waals surface area contributed by atoms with E-state index in [1.807, 2.05) is 0 Å². The molecule has 0 atom stereocenters. The molecule has 0 amide bonds. The Hall–Kier alpha value is -0.940. The highest BCUT2D eigenvalue weighted by Crippen LogP contribution is 2.26. The van der Waals surface area contributed by atoms with Gasteiger partial charge in [-0.05, 0) is 12.1 Å². The van der Waals surface area contributed by atoms with Crippen LogP contribution in [0.4, 0.5) is 13.2 Å². The number of hydrogen-bond acceptors (Lipinski definition) is 2. The first-order valence-electron chi connectivity index (χ1n) is 5.03. The van der Waals surface area contributed by atoms with Crippen molar-refractivity contribution >= 4 is 11.6 Å². The molecule has 0 aliphatic heterocycles. The van der Waals surface area contributed by atoms with Crippen molar-refractivity contribution in [1.82, 2.24) is 5.32 Å². The third kappa shape index (κ3) is 4.83. The lowest BCUT2D eigenvalue weighted by Gasteiger charge is -2.12. The van der Waals surface area contributed by atoms with Crippen LogP contribution in [0.5, 0.6) is 5.75 Å². The molecular weight excluding hydrogens is 255 g/mol. The maximum absolute atomic E-state index is 11.9. The van der Waals surface area contributed by atoms with Crippen molar-refractivity contribution in [2.24, 2.45) is 0 Å². The van der Waals surface area contributed by atoms with Crippen LogP contribution in [-0.2, 0) is 6.54 Å². The molecule has 2 nitrogen and oxygen atoms in total. The zero-order valence-electron chi connectivity index (χ0n) is 9.27. The highest BCUT2D eigenvalue weighted by atomic mass is 35.5. The fraction of sp³-hybridized carbons (Fsp3) is 0.455. The van der Waals surface area contributed by atoms with Crippen molar-refractivity contribution in [2.45, 2.75) is 19.1 Å². The Morgan fingerprint density at radius 2 is 2.06 bits per heavy atom. The van der Waals surface area contributed by atoms with Crippen LogP contribution in [0.3, 0.4) is 0 Å². The molecule has 0 aromatic heterocycles. The van der Waals surface area contributed by atoms with Gasteiger partial charge in [-0.2, -0.15) is 13.2 Å². The molecule has 0 saturated heterocycles. The molecule has 0 radical (unpaired) electrons. The van der Waals surface area contributed by atoms with E-state index in [1.165, 1.54) is 7.11 Å². The zero-order chi connectivity index (χ0) is 12.9. The molecule has 1 rings (SSSR count). The number of nitrogens with one attached hydrogen (secondary N) is 1. The van der Waals surface area contributed by atoms with Crippen LogP contribution in [0.25, 0.3) is 0 Å². The number of alkyl halides is 3. The lowest BCUT2D eigenvalue weighted by atomic mass is 10.2. The Morgan fingerprint density at radius 3 is 2.65 bits per heavy atom. The fourth-order valence-corrected chi connectivity index (χ4v) is 1.58. The summed E-state index contributed by atoms with van der Waals surface area (Å²) in [6.45, 7) is 0.108. The van der Waals surface area contributed by atoms with Crippen LogP contribution >= 0.6 is 11.6 Å². The summed E-state index contributed by atoms with van der Waals surface area (Å²) in [5, 5.41) is 3.17. The second-order valence-electron chi connectivity index (χ2n) is 3.46. The van der Waals surface area contributed by atoms with E-state index in [1.54, 1.807) is 18.2 Å². The summed E-state index contributed by atoms with van der Waals surface area (Å²) in [6.07, 6.45) is -5.00. The van der Waals surface area contributed by atoms with E-state index < -0.39 is 12.6 Å². The van der Waals surface area contributed by atoms with Crippen LogP contribution in [0, 0.1) is 0 Å². The Balaban J connectivity index is 2.52. The van der Waals surface area contributed by atoms with Crippen molar-refractivity contribution in [3.63, 3.8) is 0 Å². The predicted octanol–water partition coefficient (Wildman–Crippen LogP) is 3.39. The highest BCUT2D eigenvalue weighted by Gasteiger charge is 2.26. The minimum Gasteiger partial charge on any atom is -0.496 e. The number of halogens is 4. The summed E-state index contributed by atoms with van der Waals surface area (Å²) < 4.78 is 40.8. The molecule has 0 aliphatic carbocycles. The van der Waals surface area contributed by atoms with Gasteiger partial charge in [-0.15, -0.1) is 0 Å². The van der Waals surface area contributed by atoms with Crippen molar-refractivity contribution < 1.29 is 17.9 Å². The van der Waals surface area contributed by atoms with E-state index in [-0.39, 0.29) is 13.1 Å². The monoisotopic (exact) mass is 267 g/mol. The summed E-state index contributed by atoms with van der Waals surface area (Å²) in [5.74, 6) is 0.567. The largest absolute Gasteiger partial charge is 0.496 e. The number of rotatable bonds is 5. The minimum absolute atomic E-state index is 0.141. The topological polar surface area (TPSA) is 21.3 Å². The number of benzene rings is 1. The van der Waals surface area contributed by atoms with Crippen LogP contribution in [-0.4, -0.2) is 19.8 Å². The molecule has 0 spiro atoms. The average molecular weight is 268 g/mol. The van der Waals surface area contributed by atoms with Gasteiger partial charge >= 0.3 is 6.18 Å². The quantitative estimate of drug-likeness (QED) is 0.826. The van der Waals surface area contributed by atoms with E-state index >= 15 is 0 Å². The molecular formula is C11H13ClF3NO. The van der Waals surface area contributed by atoms with Gasteiger partial charge in [0.2, 0.25) is 0 Å². The maximum atomic E-state index is 11.9. The Kier molecular flexibility index (Phi) is 5.08. The van der Waals surface area contributed by atoms with Gasteiger partial charge in [-0.3, -0.25) is 0 Å². The molecule has 0 unspecified atom stereocenters. The Bertz CT molecular complexity index is 368. The van der Waals surface area contributed by atoms with E-state index in [0.29, 0.717) is 16.3 Å². The summed E-state index contributed by atoms with van der Waals surface area (Å²) in [4.78, 5) is 0. The third-order valence-corrected chi connectivity index (χ3v) is 2.54. The molecule has 0 bridgehead atoms. The molecule has 0 fully saturated rings. The van der Waals surface area contributed by atoms with Crippen LogP contribution in [0.1, 0.15) is 12.0 Å². The average Bonchev–Trinajstić information content (AvgIpc) is 2.24. The Morgan fingerprint density at radius 1 is 1.35 bits per heavy atom. The minimum atomic E-state index is -4.14. The van der Waals surface area contributed by atoms with Crippen molar-refractivity contribution in [3.8, 4) is 5.75 Å². The Labute approximate surface area is 103 Å². The van der Waals surface area contributed by atoms with Crippen molar-refractivity contribution in [3.05, 3.63) is 28.8 Å². The van der Waals surface area contributed by atoms with E-state index in [9.17, 15) is 13.2 Å². The molecule has 1 aromatic rings. The van der Waals surface area contributed by atoms with E-state index in [4.69, 9.17) is 16.3 Å². The maximum Gasteiger partial charge on any atom is 0.390 e. The van der Waals surface area contributed by atoms with Gasteiger partial charge in [-0.25, -0.2) is 0 Å². The van der Waals surface area contributed by atoms with Gasteiger partial charge in [0.25, 0.3) is 0 Å². The second-order valence-corrected chi connectivity index (χ2v) is 3.87. The highest BCUT2D eigenvalue weighted by molar-refractivity contribution is 6.31. The van der Waals surface area contributed by atoms with Crippen LogP contribution < -0.4 is 10.1 Å². The van der Waals surface area contributed by atoms with E-state index in [2.05, 4.69) is 5.32 Å². The van der Waals surface area contributed by atoms with Gasteiger partial charge < -0.3 is 10.1 Å². The number of methoxy groups -OCH3 is 1. The fourth-order valence-electron chi connectivity index (χ4n) is 1.35. The molecule has 1 aromatic carbocycles. The summed E-state index contributed by atoms with van der Waals surface area (Å²) in [5.41, 5.74) is 0.666. The van der Waals surface area contributed by atoms with Gasteiger partial charge in [0, 0.05) is 23.7 Å². The molecule has 1 N–H and O–H groups in total. The molecule has 0 saturated carbocycles. The summed E-state index contributed by atoms with van der Waals surface area (Å²) >= 11 is 5.93.